The number of aromatic nitrogens is 2. The van der Waals surface area contributed by atoms with Crippen molar-refractivity contribution >= 4 is 17.5 Å². The molecule has 0 fully saturated rings. The third-order valence-corrected chi connectivity index (χ3v) is 3.31. The monoisotopic (exact) mass is 380 g/mol. The summed E-state index contributed by atoms with van der Waals surface area (Å²) in [5.41, 5.74) is -2.41. The van der Waals surface area contributed by atoms with Crippen LogP contribution in [-0.2, 0) is 12.4 Å². The summed E-state index contributed by atoms with van der Waals surface area (Å²) in [5, 5.41) is 13.6. The number of alkyl halides is 6. The Kier molecular flexibility index (Phi) is 5.59. The van der Waals surface area contributed by atoms with Gasteiger partial charge in [0.2, 0.25) is 5.95 Å². The number of aliphatic hydroxyl groups is 1. The zero-order valence-corrected chi connectivity index (χ0v) is 13.3. The van der Waals surface area contributed by atoms with Gasteiger partial charge in [-0.1, -0.05) is 6.07 Å². The largest absolute Gasteiger partial charge is 0.433 e. The van der Waals surface area contributed by atoms with Crippen LogP contribution in [0.2, 0.25) is 0 Å². The number of benzene rings is 1. The van der Waals surface area contributed by atoms with Gasteiger partial charge in [0, 0.05) is 18.3 Å². The minimum atomic E-state index is -4.78. The standard InChI is InChI=1S/C15H14F6N4O/c1-8-9(14(16,17)18)3-2-4-10(8)23-12-7-11(15(19,20)21)24-13(25-12)22-5-6-26/h2-4,7,26H,5-6H2,1H3,(H2,22,23,24,25). The summed E-state index contributed by atoms with van der Waals surface area (Å²) in [7, 11) is 0. The van der Waals surface area contributed by atoms with Crippen LogP contribution in [0.25, 0.3) is 0 Å². The summed E-state index contributed by atoms with van der Waals surface area (Å²) in [6, 6.07) is 3.88. The maximum Gasteiger partial charge on any atom is 0.433 e. The topological polar surface area (TPSA) is 70.1 Å². The molecule has 0 spiro atoms. The zero-order valence-electron chi connectivity index (χ0n) is 13.3. The van der Waals surface area contributed by atoms with Gasteiger partial charge in [0.05, 0.1) is 12.2 Å². The Morgan fingerprint density at radius 1 is 1.04 bits per heavy atom. The summed E-state index contributed by atoms with van der Waals surface area (Å²) in [6.07, 6.45) is -9.38. The summed E-state index contributed by atoms with van der Waals surface area (Å²) in [5.74, 6) is -0.754. The zero-order chi connectivity index (χ0) is 19.5. The summed E-state index contributed by atoms with van der Waals surface area (Å²) >= 11 is 0. The first-order valence-corrected chi connectivity index (χ1v) is 7.27. The number of halogens is 6. The lowest BCUT2D eigenvalue weighted by atomic mass is 10.1. The van der Waals surface area contributed by atoms with Crippen molar-refractivity contribution in [1.82, 2.24) is 9.97 Å². The van der Waals surface area contributed by atoms with E-state index in [1.54, 1.807) is 0 Å². The Labute approximate surface area is 144 Å². The molecule has 2 rings (SSSR count). The molecule has 1 heterocycles. The Morgan fingerprint density at radius 3 is 2.31 bits per heavy atom. The van der Waals surface area contributed by atoms with Crippen LogP contribution in [0, 0.1) is 6.92 Å². The fraction of sp³-hybridized carbons (Fsp3) is 0.333. The molecule has 0 aliphatic rings. The fourth-order valence-electron chi connectivity index (χ4n) is 2.12. The number of anilines is 3. The molecule has 3 N–H and O–H groups in total. The van der Waals surface area contributed by atoms with Gasteiger partial charge in [-0.3, -0.25) is 0 Å². The number of aliphatic hydroxyl groups excluding tert-OH is 1. The third kappa shape index (κ3) is 4.75. The fourth-order valence-corrected chi connectivity index (χ4v) is 2.12. The molecule has 0 aliphatic heterocycles. The van der Waals surface area contributed by atoms with Gasteiger partial charge in [-0.25, -0.2) is 4.98 Å². The molecule has 0 radical (unpaired) electrons. The lowest BCUT2D eigenvalue weighted by Gasteiger charge is -2.16. The highest BCUT2D eigenvalue weighted by Crippen LogP contribution is 2.36. The average molecular weight is 380 g/mol. The van der Waals surface area contributed by atoms with Crippen molar-refractivity contribution in [3.63, 3.8) is 0 Å². The van der Waals surface area contributed by atoms with Crippen molar-refractivity contribution < 1.29 is 31.4 Å². The normalized spacial score (nSPS) is 12.2. The molecule has 0 unspecified atom stereocenters. The molecule has 0 atom stereocenters. The van der Waals surface area contributed by atoms with Gasteiger partial charge >= 0.3 is 12.4 Å². The average Bonchev–Trinajstić information content (AvgIpc) is 2.53. The maximum atomic E-state index is 13.0. The van der Waals surface area contributed by atoms with Gasteiger partial charge in [0.1, 0.15) is 5.82 Å². The van der Waals surface area contributed by atoms with Crippen molar-refractivity contribution in [2.45, 2.75) is 19.3 Å². The van der Waals surface area contributed by atoms with E-state index in [4.69, 9.17) is 5.11 Å². The first-order valence-electron chi connectivity index (χ1n) is 7.27. The molecule has 26 heavy (non-hydrogen) atoms. The first-order chi connectivity index (χ1) is 12.0. The highest BCUT2D eigenvalue weighted by molar-refractivity contribution is 5.63. The van der Waals surface area contributed by atoms with Gasteiger partial charge in [-0.2, -0.15) is 31.3 Å². The second-order valence-electron chi connectivity index (χ2n) is 5.21. The van der Waals surface area contributed by atoms with E-state index in [1.807, 2.05) is 0 Å². The molecule has 0 amide bonds. The van der Waals surface area contributed by atoms with Crippen molar-refractivity contribution in [2.75, 3.05) is 23.8 Å². The number of hydrogen-bond acceptors (Lipinski definition) is 5. The molecule has 142 valence electrons. The van der Waals surface area contributed by atoms with E-state index < -0.39 is 29.6 Å². The minimum Gasteiger partial charge on any atom is -0.395 e. The second-order valence-corrected chi connectivity index (χ2v) is 5.21. The van der Waals surface area contributed by atoms with E-state index in [9.17, 15) is 26.3 Å². The molecule has 1 aromatic carbocycles. The highest BCUT2D eigenvalue weighted by Gasteiger charge is 2.35. The van der Waals surface area contributed by atoms with E-state index in [2.05, 4.69) is 20.6 Å². The van der Waals surface area contributed by atoms with Crippen LogP contribution in [0.3, 0.4) is 0 Å². The molecule has 0 saturated heterocycles. The van der Waals surface area contributed by atoms with Gasteiger partial charge in [0.15, 0.2) is 5.69 Å². The summed E-state index contributed by atoms with van der Waals surface area (Å²) < 4.78 is 77.8. The molecule has 2 aromatic rings. The molecule has 0 saturated carbocycles. The SMILES string of the molecule is Cc1c(Nc2cc(C(F)(F)F)nc(NCCO)n2)cccc1C(F)(F)F. The van der Waals surface area contributed by atoms with E-state index in [0.717, 1.165) is 12.1 Å². The molecule has 11 heteroatoms. The van der Waals surface area contributed by atoms with Crippen LogP contribution >= 0.6 is 0 Å². The Balaban J connectivity index is 2.43. The minimum absolute atomic E-state index is 0.0419. The maximum absolute atomic E-state index is 13.0. The smallest absolute Gasteiger partial charge is 0.395 e. The van der Waals surface area contributed by atoms with Crippen LogP contribution in [0.15, 0.2) is 24.3 Å². The number of rotatable bonds is 5. The van der Waals surface area contributed by atoms with Crippen LogP contribution in [-0.4, -0.2) is 28.2 Å². The Hall–Kier alpha value is -2.56. The van der Waals surface area contributed by atoms with E-state index in [-0.39, 0.29) is 30.2 Å². The van der Waals surface area contributed by atoms with Crippen LogP contribution in [0.1, 0.15) is 16.8 Å². The quantitative estimate of drug-likeness (QED) is 0.685. The molecule has 0 aliphatic carbocycles. The van der Waals surface area contributed by atoms with Gasteiger partial charge < -0.3 is 15.7 Å². The molecular formula is C15H14F6N4O. The van der Waals surface area contributed by atoms with E-state index in [0.29, 0.717) is 6.07 Å². The summed E-state index contributed by atoms with van der Waals surface area (Å²) in [6.45, 7) is 0.736. The van der Waals surface area contributed by atoms with Crippen LogP contribution < -0.4 is 10.6 Å². The van der Waals surface area contributed by atoms with E-state index >= 15 is 0 Å². The lowest BCUT2D eigenvalue weighted by Crippen LogP contribution is -2.15. The molecular weight excluding hydrogens is 366 g/mol. The van der Waals surface area contributed by atoms with Crippen LogP contribution in [0.4, 0.5) is 43.8 Å². The van der Waals surface area contributed by atoms with Crippen molar-refractivity contribution in [3.05, 3.63) is 41.1 Å². The number of nitrogens with one attached hydrogen (secondary N) is 2. The predicted molar refractivity (Wildman–Crippen MR) is 82.1 cm³/mol. The van der Waals surface area contributed by atoms with E-state index in [1.165, 1.54) is 13.0 Å². The highest BCUT2D eigenvalue weighted by atomic mass is 19.4. The van der Waals surface area contributed by atoms with Crippen molar-refractivity contribution in [1.29, 1.82) is 0 Å². The van der Waals surface area contributed by atoms with Crippen LogP contribution in [0.5, 0.6) is 0 Å². The molecule has 5 nitrogen and oxygen atoms in total. The number of hydrogen-bond donors (Lipinski definition) is 3. The first kappa shape index (κ1) is 19.8. The Bertz CT molecular complexity index is 776. The van der Waals surface area contributed by atoms with Gasteiger partial charge in [-0.15, -0.1) is 0 Å². The Morgan fingerprint density at radius 2 is 1.73 bits per heavy atom. The second kappa shape index (κ2) is 7.36. The van der Waals surface area contributed by atoms with Crippen molar-refractivity contribution in [3.8, 4) is 0 Å². The van der Waals surface area contributed by atoms with Crippen molar-refractivity contribution in [2.24, 2.45) is 0 Å². The molecule has 1 aromatic heterocycles. The summed E-state index contributed by atoms with van der Waals surface area (Å²) in [4.78, 5) is 7.07. The molecule has 0 bridgehead atoms. The third-order valence-electron chi connectivity index (χ3n) is 3.31. The number of nitrogens with zero attached hydrogens (tertiary/aromatic N) is 2. The van der Waals surface area contributed by atoms with Gasteiger partial charge in [-0.05, 0) is 24.6 Å². The predicted octanol–water partition coefficient (Wildman–Crippen LogP) is 3.97. The van der Waals surface area contributed by atoms with Gasteiger partial charge in [0.25, 0.3) is 0 Å². The lowest BCUT2D eigenvalue weighted by molar-refractivity contribution is -0.141.